The summed E-state index contributed by atoms with van der Waals surface area (Å²) >= 11 is 0. The molecule has 0 atom stereocenters. The lowest BCUT2D eigenvalue weighted by Crippen LogP contribution is -2.46. The van der Waals surface area contributed by atoms with Gasteiger partial charge in [-0.05, 0) is 74.9 Å². The number of amides is 1. The Morgan fingerprint density at radius 2 is 1.66 bits per heavy atom. The predicted molar refractivity (Wildman–Crippen MR) is 122 cm³/mol. The molecule has 8 nitrogen and oxygen atoms in total. The van der Waals surface area contributed by atoms with E-state index in [1.807, 2.05) is 19.9 Å². The Balaban J connectivity index is 1.60. The monoisotopic (exact) mass is 482 g/mol. The van der Waals surface area contributed by atoms with E-state index in [1.54, 1.807) is 26.0 Å². The molecule has 1 aliphatic rings. The normalized spacial score (nSPS) is 15.8. The van der Waals surface area contributed by atoms with Gasteiger partial charge >= 0.3 is 0 Å². The first-order chi connectivity index (χ1) is 14.9. The highest BCUT2D eigenvalue weighted by Crippen LogP contribution is 2.26. The predicted octanol–water partition coefficient (Wildman–Crippen LogP) is 2.40. The number of piperidine rings is 1. The van der Waals surface area contributed by atoms with Gasteiger partial charge in [0.15, 0.2) is 9.84 Å². The van der Waals surface area contributed by atoms with Crippen LogP contribution in [0.25, 0.3) is 0 Å². The highest BCUT2D eigenvalue weighted by atomic mass is 32.2. The van der Waals surface area contributed by atoms with E-state index in [-0.39, 0.29) is 36.2 Å². The number of hydrogen-bond acceptors (Lipinski definition) is 6. The molecule has 1 N–H and O–H groups in total. The highest BCUT2D eigenvalue weighted by molar-refractivity contribution is 7.91. The Labute approximate surface area is 190 Å². The first kappa shape index (κ1) is 24.5. The molecule has 0 spiro atoms. The molecule has 1 aromatic heterocycles. The fourth-order valence-corrected chi connectivity index (χ4v) is 7.41. The minimum atomic E-state index is -3.87. The lowest BCUT2D eigenvalue weighted by atomic mass is 10.0. The van der Waals surface area contributed by atoms with Crippen molar-refractivity contribution in [1.29, 1.82) is 0 Å². The average molecular weight is 483 g/mol. The topological polar surface area (TPSA) is 114 Å². The molecule has 3 rings (SSSR count). The molecule has 2 heterocycles. The summed E-state index contributed by atoms with van der Waals surface area (Å²) in [6.07, 6.45) is 2.07. The van der Waals surface area contributed by atoms with Gasteiger partial charge in [0.05, 0.1) is 23.0 Å². The summed E-state index contributed by atoms with van der Waals surface area (Å²) in [5, 5.41) is -0.547. The van der Waals surface area contributed by atoms with Crippen LogP contribution in [0.4, 0.5) is 0 Å². The van der Waals surface area contributed by atoms with Crippen molar-refractivity contribution in [3.05, 3.63) is 52.5 Å². The maximum absolute atomic E-state index is 12.9. The smallest absolute Gasteiger partial charge is 0.241 e. The fraction of sp³-hybridized carbons (Fsp3) is 0.500. The van der Waals surface area contributed by atoms with Gasteiger partial charge < -0.3 is 9.32 Å². The van der Waals surface area contributed by atoms with E-state index in [0.29, 0.717) is 29.7 Å². The van der Waals surface area contributed by atoms with E-state index in [9.17, 15) is 21.6 Å². The Morgan fingerprint density at radius 3 is 2.19 bits per heavy atom. The molecule has 1 aromatic carbocycles. The third-order valence-electron chi connectivity index (χ3n) is 6.21. The second-order valence-electron chi connectivity index (χ2n) is 8.38. The lowest BCUT2D eigenvalue weighted by molar-refractivity contribution is -0.130. The molecule has 1 amide bonds. The zero-order valence-corrected chi connectivity index (χ0v) is 20.5. The Morgan fingerprint density at radius 1 is 1.06 bits per heavy atom. The van der Waals surface area contributed by atoms with Gasteiger partial charge in [0.1, 0.15) is 11.5 Å². The van der Waals surface area contributed by atoms with Gasteiger partial charge in [-0.25, -0.2) is 21.6 Å². The van der Waals surface area contributed by atoms with Crippen molar-refractivity contribution in [3.63, 3.8) is 0 Å². The van der Waals surface area contributed by atoms with Gasteiger partial charge in [-0.3, -0.25) is 4.79 Å². The molecule has 10 heteroatoms. The van der Waals surface area contributed by atoms with Crippen molar-refractivity contribution in [2.45, 2.75) is 56.4 Å². The van der Waals surface area contributed by atoms with Crippen LogP contribution in [0.2, 0.25) is 0 Å². The first-order valence-electron chi connectivity index (χ1n) is 10.5. The quantitative estimate of drug-likeness (QED) is 0.648. The van der Waals surface area contributed by atoms with Crippen molar-refractivity contribution in [2.75, 3.05) is 19.6 Å². The standard InChI is InChI=1S/C22H30N2O6S2/c1-15-12-16(2)18(4)22(17(15)3)32(28,29)23-13-21(25)24-9-7-20(8-10-24)31(26,27)14-19-6-5-11-30-19/h5-6,11-12,20,23H,7-10,13-14H2,1-4H3. The van der Waals surface area contributed by atoms with Crippen LogP contribution >= 0.6 is 0 Å². The SMILES string of the molecule is Cc1cc(C)c(C)c(S(=O)(=O)NCC(=O)N2CCC(S(=O)(=O)Cc3ccco3)CC2)c1C. The summed E-state index contributed by atoms with van der Waals surface area (Å²) < 4.78 is 58.6. The first-order valence-corrected chi connectivity index (χ1v) is 13.7. The fourth-order valence-electron chi connectivity index (χ4n) is 4.10. The number of hydrogen-bond donors (Lipinski definition) is 1. The molecule has 0 saturated carbocycles. The Kier molecular flexibility index (Phi) is 7.16. The third-order valence-corrected chi connectivity index (χ3v) is 10.1. The van der Waals surface area contributed by atoms with Gasteiger partial charge in [0.25, 0.3) is 0 Å². The molecule has 0 unspecified atom stereocenters. The van der Waals surface area contributed by atoms with E-state index in [1.165, 1.54) is 11.2 Å². The van der Waals surface area contributed by atoms with Crippen LogP contribution in [-0.2, 0) is 30.4 Å². The summed E-state index contributed by atoms with van der Waals surface area (Å²) in [6, 6.07) is 5.22. The maximum Gasteiger partial charge on any atom is 0.241 e. The van der Waals surface area contributed by atoms with Crippen LogP contribution in [0, 0.1) is 27.7 Å². The number of rotatable bonds is 7. The molecule has 32 heavy (non-hydrogen) atoms. The van der Waals surface area contributed by atoms with E-state index in [0.717, 1.165) is 11.1 Å². The molecule has 0 radical (unpaired) electrons. The summed E-state index contributed by atoms with van der Waals surface area (Å²) in [5.41, 5.74) is 3.07. The maximum atomic E-state index is 12.9. The number of sulfonamides is 1. The highest BCUT2D eigenvalue weighted by Gasteiger charge is 2.32. The number of carbonyl (C=O) groups is 1. The summed E-state index contributed by atoms with van der Waals surface area (Å²) in [7, 11) is -7.26. The largest absolute Gasteiger partial charge is 0.468 e. The molecule has 1 saturated heterocycles. The van der Waals surface area contributed by atoms with Crippen molar-refractivity contribution in [1.82, 2.24) is 9.62 Å². The minimum absolute atomic E-state index is 0.160. The van der Waals surface area contributed by atoms with Crippen molar-refractivity contribution in [2.24, 2.45) is 0 Å². The minimum Gasteiger partial charge on any atom is -0.468 e. The molecule has 176 valence electrons. The average Bonchev–Trinajstić information content (AvgIpc) is 3.23. The zero-order chi connectivity index (χ0) is 23.7. The number of carbonyl (C=O) groups excluding carboxylic acids is 1. The number of benzene rings is 1. The zero-order valence-electron chi connectivity index (χ0n) is 18.8. The van der Waals surface area contributed by atoms with Gasteiger partial charge in [-0.2, -0.15) is 0 Å². The number of nitrogens with zero attached hydrogens (tertiary/aromatic N) is 1. The van der Waals surface area contributed by atoms with Crippen LogP contribution in [-0.4, -0.2) is 52.5 Å². The van der Waals surface area contributed by atoms with Crippen LogP contribution in [0.15, 0.2) is 33.8 Å². The summed E-state index contributed by atoms with van der Waals surface area (Å²) in [5.74, 6) is -0.127. The molecule has 0 aliphatic carbocycles. The number of likely N-dealkylation sites (tertiary alicyclic amines) is 1. The van der Waals surface area contributed by atoms with Crippen molar-refractivity contribution in [3.8, 4) is 0 Å². The number of aryl methyl sites for hydroxylation is 2. The second-order valence-corrected chi connectivity index (χ2v) is 12.4. The molecular weight excluding hydrogens is 452 g/mol. The van der Waals surface area contributed by atoms with E-state index in [4.69, 9.17) is 4.42 Å². The molecule has 0 bridgehead atoms. The van der Waals surface area contributed by atoms with Gasteiger partial charge in [0, 0.05) is 13.1 Å². The van der Waals surface area contributed by atoms with Gasteiger partial charge in [-0.15, -0.1) is 0 Å². The van der Waals surface area contributed by atoms with E-state index in [2.05, 4.69) is 4.72 Å². The number of nitrogens with one attached hydrogen (secondary N) is 1. The molecule has 1 aliphatic heterocycles. The van der Waals surface area contributed by atoms with Crippen molar-refractivity contribution < 1.29 is 26.0 Å². The van der Waals surface area contributed by atoms with Crippen LogP contribution in [0.5, 0.6) is 0 Å². The van der Waals surface area contributed by atoms with Gasteiger partial charge in [0.2, 0.25) is 15.9 Å². The molecule has 1 fully saturated rings. The van der Waals surface area contributed by atoms with Crippen LogP contribution < -0.4 is 4.72 Å². The third kappa shape index (κ3) is 5.24. The molecular formula is C22H30N2O6S2. The Hall–Kier alpha value is -2.17. The number of furan rings is 1. The van der Waals surface area contributed by atoms with E-state index < -0.39 is 25.1 Å². The molecule has 2 aromatic rings. The van der Waals surface area contributed by atoms with E-state index >= 15 is 0 Å². The summed E-state index contributed by atoms with van der Waals surface area (Å²) in [4.78, 5) is 14.4. The Bertz CT molecular complexity index is 1170. The summed E-state index contributed by atoms with van der Waals surface area (Å²) in [6.45, 7) is 7.40. The second kappa shape index (κ2) is 9.36. The van der Waals surface area contributed by atoms with Gasteiger partial charge in [-0.1, -0.05) is 6.07 Å². The van der Waals surface area contributed by atoms with Crippen LogP contribution in [0.3, 0.4) is 0 Å². The van der Waals surface area contributed by atoms with Crippen molar-refractivity contribution >= 4 is 25.8 Å². The lowest BCUT2D eigenvalue weighted by Gasteiger charge is -2.31. The number of sulfone groups is 1. The van der Waals surface area contributed by atoms with Crippen LogP contribution in [0.1, 0.15) is 40.9 Å².